The highest BCUT2D eigenvalue weighted by molar-refractivity contribution is 7.88. The molecule has 2 fully saturated rings. The average molecular weight is 401 g/mol. The van der Waals surface area contributed by atoms with Gasteiger partial charge in [0.1, 0.15) is 5.60 Å². The summed E-state index contributed by atoms with van der Waals surface area (Å²) in [4.78, 5) is 15.3. The zero-order valence-corrected chi connectivity index (χ0v) is 16.4. The Kier molecular flexibility index (Phi) is 6.13. The van der Waals surface area contributed by atoms with Crippen molar-refractivity contribution in [2.45, 2.75) is 24.5 Å². The molecule has 3 heterocycles. The van der Waals surface area contributed by atoms with Gasteiger partial charge >= 0.3 is 0 Å². The van der Waals surface area contributed by atoms with Crippen LogP contribution in [0.1, 0.15) is 17.7 Å². The maximum Gasteiger partial charge on any atom is 0.246 e. The Balaban J connectivity index is 1.61. The van der Waals surface area contributed by atoms with Gasteiger partial charge in [0.25, 0.3) is 0 Å². The molecule has 9 heteroatoms. The Morgan fingerprint density at radius 3 is 3.12 bits per heavy atom. The van der Waals surface area contributed by atoms with E-state index in [9.17, 15) is 13.2 Å². The summed E-state index contributed by atoms with van der Waals surface area (Å²) < 4.78 is 36.8. The minimum atomic E-state index is -3.25. The van der Waals surface area contributed by atoms with E-state index >= 15 is 0 Å². The molecule has 0 radical (unpaired) electrons. The highest BCUT2D eigenvalue weighted by Crippen LogP contribution is 2.33. The molecule has 2 atom stereocenters. The molecule has 1 amide bonds. The fraction of sp³-hybridized carbons (Fsp3) is 0.588. The van der Waals surface area contributed by atoms with Crippen molar-refractivity contribution in [2.75, 3.05) is 39.1 Å². The Hall–Kier alpha value is -1.26. The van der Waals surface area contributed by atoms with Crippen LogP contribution in [0.25, 0.3) is 6.08 Å². The number of hydrogen-bond donors (Lipinski definition) is 1. The lowest BCUT2D eigenvalue weighted by Gasteiger charge is -2.31. The molecule has 1 aromatic heterocycles. The molecule has 0 aromatic carbocycles. The minimum absolute atomic E-state index is 0.0652. The van der Waals surface area contributed by atoms with Crippen molar-refractivity contribution in [2.24, 2.45) is 0 Å². The molecule has 1 aromatic rings. The summed E-state index contributed by atoms with van der Waals surface area (Å²) in [6, 6.07) is 3.90. The molecule has 2 aliphatic heterocycles. The number of rotatable bonds is 5. The van der Waals surface area contributed by atoms with Crippen LogP contribution in [0.15, 0.2) is 23.6 Å². The molecule has 144 valence electrons. The normalized spacial score (nSPS) is 27.3. The summed E-state index contributed by atoms with van der Waals surface area (Å²) in [5.41, 5.74) is -0.563. The number of carbonyl (C=O) groups excluding carboxylic acids is 1. The van der Waals surface area contributed by atoms with Crippen molar-refractivity contribution >= 4 is 33.3 Å². The summed E-state index contributed by atoms with van der Waals surface area (Å²) in [7, 11) is -3.25. The average Bonchev–Trinajstić information content (AvgIpc) is 3.18. The number of ether oxygens (including phenoxy) is 2. The predicted octanol–water partition coefficient (Wildman–Crippen LogP) is 1.09. The van der Waals surface area contributed by atoms with E-state index < -0.39 is 15.6 Å². The molecular formula is C17H24N2O5S2. The van der Waals surface area contributed by atoms with E-state index in [1.807, 2.05) is 23.6 Å². The second-order valence-electron chi connectivity index (χ2n) is 6.74. The van der Waals surface area contributed by atoms with E-state index in [4.69, 9.17) is 9.47 Å². The number of hydrogen-bond acceptors (Lipinski definition) is 6. The third kappa shape index (κ3) is 5.37. The molecule has 0 saturated carbocycles. The highest BCUT2D eigenvalue weighted by Gasteiger charge is 2.43. The van der Waals surface area contributed by atoms with Crippen molar-refractivity contribution in [1.82, 2.24) is 9.62 Å². The van der Waals surface area contributed by atoms with Gasteiger partial charge in [-0.25, -0.2) is 13.1 Å². The van der Waals surface area contributed by atoms with Crippen LogP contribution in [0.3, 0.4) is 0 Å². The molecule has 0 aliphatic carbocycles. The fourth-order valence-electron chi connectivity index (χ4n) is 3.24. The first-order valence-electron chi connectivity index (χ1n) is 8.56. The van der Waals surface area contributed by atoms with E-state index in [-0.39, 0.29) is 18.6 Å². The van der Waals surface area contributed by atoms with Gasteiger partial charge < -0.3 is 14.4 Å². The lowest BCUT2D eigenvalue weighted by molar-refractivity contribution is -0.130. The predicted molar refractivity (Wildman–Crippen MR) is 100 cm³/mol. The maximum absolute atomic E-state index is 12.6. The van der Waals surface area contributed by atoms with Gasteiger partial charge in [0.15, 0.2) is 0 Å². The van der Waals surface area contributed by atoms with Crippen molar-refractivity contribution in [1.29, 1.82) is 0 Å². The number of amides is 1. The Morgan fingerprint density at radius 1 is 1.54 bits per heavy atom. The van der Waals surface area contributed by atoms with E-state index in [1.165, 1.54) is 0 Å². The molecule has 7 nitrogen and oxygen atoms in total. The zero-order valence-electron chi connectivity index (χ0n) is 14.7. The first-order valence-corrected chi connectivity index (χ1v) is 11.3. The lowest BCUT2D eigenvalue weighted by Crippen LogP contribution is -2.47. The summed E-state index contributed by atoms with van der Waals surface area (Å²) in [6.45, 7) is 2.10. The fourth-order valence-corrected chi connectivity index (χ4v) is 4.35. The third-order valence-corrected chi connectivity index (χ3v) is 6.04. The second kappa shape index (κ2) is 8.18. The largest absolute Gasteiger partial charge is 0.377 e. The van der Waals surface area contributed by atoms with Crippen molar-refractivity contribution in [3.63, 3.8) is 0 Å². The van der Waals surface area contributed by atoms with E-state index in [0.717, 1.165) is 24.0 Å². The summed E-state index contributed by atoms with van der Waals surface area (Å²) in [6.07, 6.45) is 5.81. The number of nitrogens with zero attached hydrogens (tertiary/aromatic N) is 1. The van der Waals surface area contributed by atoms with Gasteiger partial charge in [-0.05, 0) is 30.4 Å². The summed E-state index contributed by atoms with van der Waals surface area (Å²) in [5, 5.41) is 1.97. The van der Waals surface area contributed by atoms with Gasteiger partial charge in [-0.15, -0.1) is 11.3 Å². The zero-order chi connectivity index (χ0) is 18.6. The first-order chi connectivity index (χ1) is 12.4. The van der Waals surface area contributed by atoms with E-state index in [2.05, 4.69) is 4.72 Å². The first kappa shape index (κ1) is 19.5. The van der Waals surface area contributed by atoms with Crippen LogP contribution in [0.5, 0.6) is 0 Å². The monoisotopic (exact) mass is 400 g/mol. The lowest BCUT2D eigenvalue weighted by atomic mass is 10.00. The van der Waals surface area contributed by atoms with E-state index in [0.29, 0.717) is 26.3 Å². The molecule has 0 unspecified atom stereocenters. The standard InChI is InChI=1S/C17H24N2O5S2/c1-26(21,22)18-11-14-6-7-17(24-14)12-19(8-9-23-13-17)16(20)5-4-15-3-2-10-25-15/h2-5,10,14,18H,6-9,11-13H2,1H3/b5-4+/t14-,17+/m1/s1. The Labute approximate surface area is 158 Å². The van der Waals surface area contributed by atoms with Crippen molar-refractivity contribution < 1.29 is 22.7 Å². The molecule has 3 rings (SSSR count). The maximum atomic E-state index is 12.6. The number of sulfonamides is 1. The van der Waals surface area contributed by atoms with Gasteiger partial charge in [-0.1, -0.05) is 6.07 Å². The molecule has 0 bridgehead atoms. The van der Waals surface area contributed by atoms with Crippen molar-refractivity contribution in [3.8, 4) is 0 Å². The highest BCUT2D eigenvalue weighted by atomic mass is 32.2. The smallest absolute Gasteiger partial charge is 0.246 e. The number of thiophene rings is 1. The van der Waals surface area contributed by atoms with Crippen LogP contribution in [-0.4, -0.2) is 70.0 Å². The van der Waals surface area contributed by atoms with Gasteiger partial charge in [-0.2, -0.15) is 0 Å². The molecular weight excluding hydrogens is 376 g/mol. The van der Waals surface area contributed by atoms with Crippen LogP contribution in [0, 0.1) is 0 Å². The molecule has 2 aliphatic rings. The molecule has 26 heavy (non-hydrogen) atoms. The quantitative estimate of drug-likeness (QED) is 0.748. The Morgan fingerprint density at radius 2 is 2.38 bits per heavy atom. The second-order valence-corrected chi connectivity index (χ2v) is 9.56. The Bertz CT molecular complexity index is 747. The van der Waals surface area contributed by atoms with Crippen LogP contribution in [0.2, 0.25) is 0 Å². The van der Waals surface area contributed by atoms with E-state index in [1.54, 1.807) is 22.3 Å². The SMILES string of the molecule is CS(=O)(=O)NC[C@H]1CC[C@]2(COCCN(C(=O)/C=C/c3cccs3)C2)O1. The topological polar surface area (TPSA) is 84.9 Å². The van der Waals surface area contributed by atoms with Crippen LogP contribution in [0.4, 0.5) is 0 Å². The molecule has 1 spiro atoms. The van der Waals surface area contributed by atoms with Gasteiger partial charge in [0, 0.05) is 24.0 Å². The van der Waals surface area contributed by atoms with Gasteiger partial charge in [0.2, 0.25) is 15.9 Å². The minimum Gasteiger partial charge on any atom is -0.377 e. The third-order valence-electron chi connectivity index (χ3n) is 4.51. The number of nitrogens with one attached hydrogen (secondary N) is 1. The van der Waals surface area contributed by atoms with Gasteiger partial charge in [0.05, 0.1) is 32.1 Å². The van der Waals surface area contributed by atoms with Crippen LogP contribution >= 0.6 is 11.3 Å². The molecule has 1 N–H and O–H groups in total. The summed E-state index contributed by atoms with van der Waals surface area (Å²) >= 11 is 1.58. The van der Waals surface area contributed by atoms with Crippen molar-refractivity contribution in [3.05, 3.63) is 28.5 Å². The summed E-state index contributed by atoms with van der Waals surface area (Å²) in [5.74, 6) is -0.0652. The number of carbonyl (C=O) groups is 1. The van der Waals surface area contributed by atoms with Gasteiger partial charge in [-0.3, -0.25) is 4.79 Å². The van der Waals surface area contributed by atoms with Crippen LogP contribution < -0.4 is 4.72 Å². The molecule has 2 saturated heterocycles. The van der Waals surface area contributed by atoms with Crippen LogP contribution in [-0.2, 0) is 24.3 Å².